The number of nitrogens with zero attached hydrogens (tertiary/aromatic N) is 3. The van der Waals surface area contributed by atoms with E-state index in [4.69, 9.17) is 0 Å². The van der Waals surface area contributed by atoms with Gasteiger partial charge in [-0.3, -0.25) is 0 Å². The smallest absolute Gasteiger partial charge is 0.230 e. The maximum absolute atomic E-state index is 2.63. The molecule has 1 aromatic heterocycles. The van der Waals surface area contributed by atoms with Gasteiger partial charge in [0.25, 0.3) is 0 Å². The Morgan fingerprint density at radius 2 is 1.14 bits per heavy atom. The fourth-order valence-corrected chi connectivity index (χ4v) is 8.68. The van der Waals surface area contributed by atoms with Gasteiger partial charge in [0.2, 0.25) is 12.0 Å². The summed E-state index contributed by atoms with van der Waals surface area (Å²) in [5, 5.41) is 0. The number of rotatable bonds is 6. The highest BCUT2D eigenvalue weighted by molar-refractivity contribution is 5.73. The molecule has 4 aliphatic rings. The molecule has 3 aliphatic carbocycles. The number of hydrogen-bond donors (Lipinski definition) is 0. The summed E-state index contributed by atoms with van der Waals surface area (Å²) in [6.07, 6.45) is 4.93. The molecule has 0 spiro atoms. The van der Waals surface area contributed by atoms with Gasteiger partial charge in [0.15, 0.2) is 23.8 Å². The lowest BCUT2D eigenvalue weighted by Gasteiger charge is -2.49. The summed E-state index contributed by atoms with van der Waals surface area (Å²) >= 11 is 0. The van der Waals surface area contributed by atoms with E-state index in [2.05, 4.69) is 151 Å². The van der Waals surface area contributed by atoms with E-state index in [0.29, 0.717) is 41.5 Å². The van der Waals surface area contributed by atoms with E-state index >= 15 is 0 Å². The lowest BCUT2D eigenvalue weighted by molar-refractivity contribution is -0.681. The second-order valence-corrected chi connectivity index (χ2v) is 13.4. The molecule has 5 aromatic rings. The minimum absolute atomic E-state index is 0.389. The molecule has 210 valence electrons. The van der Waals surface area contributed by atoms with Crippen molar-refractivity contribution in [1.29, 1.82) is 0 Å². The summed E-state index contributed by atoms with van der Waals surface area (Å²) < 4.78 is 7.65. The van der Waals surface area contributed by atoms with Gasteiger partial charge in [-0.05, 0) is 54.2 Å². The molecule has 0 fully saturated rings. The number of benzene rings is 4. The van der Waals surface area contributed by atoms with Crippen molar-refractivity contribution in [2.24, 2.45) is 17.8 Å². The largest absolute Gasteiger partial charge is 0.244 e. The number of fused-ring (bicyclic) bond motifs is 3. The lowest BCUT2D eigenvalue weighted by atomic mass is 9.54. The molecule has 3 atom stereocenters. The first-order chi connectivity index (χ1) is 20.5. The van der Waals surface area contributed by atoms with Crippen LogP contribution in [0, 0.1) is 17.8 Å². The first-order valence-electron chi connectivity index (χ1n) is 15.9. The van der Waals surface area contributed by atoms with Crippen LogP contribution in [0.4, 0.5) is 5.69 Å². The third-order valence-corrected chi connectivity index (χ3v) is 10.5. The molecule has 1 aliphatic heterocycles. The summed E-state index contributed by atoms with van der Waals surface area (Å²) in [7, 11) is 0. The van der Waals surface area contributed by atoms with Gasteiger partial charge >= 0.3 is 0 Å². The van der Waals surface area contributed by atoms with E-state index in [1.807, 2.05) is 0 Å². The lowest BCUT2D eigenvalue weighted by Crippen LogP contribution is -2.49. The minimum Gasteiger partial charge on any atom is -0.230 e. The van der Waals surface area contributed by atoms with Crippen LogP contribution in [0.5, 0.6) is 0 Å². The molecule has 3 unspecified atom stereocenters. The van der Waals surface area contributed by atoms with Crippen molar-refractivity contribution in [2.45, 2.75) is 58.0 Å². The predicted octanol–water partition coefficient (Wildman–Crippen LogP) is 8.20. The normalized spacial score (nSPS) is 23.8. The Labute approximate surface area is 249 Å². The Bertz CT molecular complexity index is 1790. The topological polar surface area (TPSA) is 11.8 Å². The third-order valence-electron chi connectivity index (χ3n) is 10.5. The molecule has 3 heteroatoms. The molecule has 0 amide bonds. The van der Waals surface area contributed by atoms with Crippen molar-refractivity contribution >= 4 is 22.9 Å². The number of imidazole rings is 1. The van der Waals surface area contributed by atoms with Crippen LogP contribution in [0.3, 0.4) is 0 Å². The second kappa shape index (κ2) is 9.80. The van der Waals surface area contributed by atoms with E-state index in [9.17, 15) is 0 Å². The molecule has 2 heterocycles. The molecule has 42 heavy (non-hydrogen) atoms. The van der Waals surface area contributed by atoms with Gasteiger partial charge in [-0.25, -0.2) is 13.7 Å². The van der Waals surface area contributed by atoms with Crippen LogP contribution in [0.1, 0.15) is 79.3 Å². The van der Waals surface area contributed by atoms with Gasteiger partial charge in [0.1, 0.15) is 0 Å². The first-order valence-corrected chi connectivity index (χ1v) is 15.9. The third kappa shape index (κ3) is 3.79. The van der Waals surface area contributed by atoms with E-state index in [-0.39, 0.29) is 0 Å². The van der Waals surface area contributed by atoms with Gasteiger partial charge in [-0.1, -0.05) is 92.7 Å². The molecule has 0 saturated carbocycles. The summed E-state index contributed by atoms with van der Waals surface area (Å²) in [4.78, 5) is 0. The Balaban J connectivity index is 1.30. The standard InChI is InChI=1S/C39H41N3/c1-25(2)32-21-40(35-18-10-9-13-27(32)35)22-33-34(23-41-24-42(26(3)4)37-20-12-11-19-36(37)41)39-30-16-7-5-14-28(30)38(33)29-15-6-8-17-31(29)39/h5-21,24-26,32-34,38-39H,22-23H2,1-4H3/q+2. The number of hydrogen-bond acceptors (Lipinski definition) is 0. The van der Waals surface area contributed by atoms with Gasteiger partial charge in [0.05, 0.1) is 18.5 Å². The van der Waals surface area contributed by atoms with Crippen LogP contribution in [0.2, 0.25) is 0 Å². The van der Waals surface area contributed by atoms with Crippen LogP contribution in [-0.4, -0.2) is 21.9 Å². The minimum atomic E-state index is 0.389. The average molecular weight is 552 g/mol. The molecule has 3 nitrogen and oxygen atoms in total. The Morgan fingerprint density at radius 1 is 0.619 bits per heavy atom. The fourth-order valence-electron chi connectivity index (χ4n) is 8.68. The van der Waals surface area contributed by atoms with Crippen LogP contribution >= 0.6 is 0 Å². The highest BCUT2D eigenvalue weighted by Crippen LogP contribution is 2.58. The van der Waals surface area contributed by atoms with Gasteiger partial charge < -0.3 is 0 Å². The average Bonchev–Trinajstić information content (AvgIpc) is 3.57. The SMILES string of the molecule is CC(C)C1C=[N+](CC2C3c4ccccc4C(c4ccccc43)C2C[n+]2cn(C(C)C)c3ccccc32)c2ccccc21. The predicted molar refractivity (Wildman–Crippen MR) is 171 cm³/mol. The maximum atomic E-state index is 2.63. The maximum Gasteiger partial charge on any atom is 0.244 e. The van der Waals surface area contributed by atoms with Crippen molar-refractivity contribution in [2.75, 3.05) is 6.54 Å². The molecule has 4 aromatic carbocycles. The second-order valence-electron chi connectivity index (χ2n) is 13.4. The summed E-state index contributed by atoms with van der Waals surface area (Å²) in [5.41, 5.74) is 11.7. The van der Waals surface area contributed by atoms with Crippen LogP contribution in [0.25, 0.3) is 11.0 Å². The Morgan fingerprint density at radius 3 is 1.74 bits per heavy atom. The zero-order valence-electron chi connectivity index (χ0n) is 25.2. The highest BCUT2D eigenvalue weighted by atomic mass is 15.1. The van der Waals surface area contributed by atoms with Crippen LogP contribution < -0.4 is 4.57 Å². The number of aromatic nitrogens is 2. The summed E-state index contributed by atoms with van der Waals surface area (Å²) in [5.74, 6) is 2.80. The van der Waals surface area contributed by atoms with Crippen molar-refractivity contribution < 1.29 is 9.14 Å². The van der Waals surface area contributed by atoms with Crippen LogP contribution in [0.15, 0.2) is 103 Å². The van der Waals surface area contributed by atoms with Gasteiger partial charge in [-0.2, -0.15) is 0 Å². The van der Waals surface area contributed by atoms with Gasteiger partial charge in [0, 0.05) is 35.3 Å². The van der Waals surface area contributed by atoms with Crippen molar-refractivity contribution in [3.05, 3.63) is 131 Å². The first kappa shape index (κ1) is 25.7. The molecule has 0 radical (unpaired) electrons. The summed E-state index contributed by atoms with van der Waals surface area (Å²) in [6, 6.07) is 37.2. The van der Waals surface area contributed by atoms with Crippen molar-refractivity contribution in [1.82, 2.24) is 4.57 Å². The molecule has 0 N–H and O–H groups in total. The zero-order chi connectivity index (χ0) is 28.5. The number of para-hydroxylation sites is 3. The quantitative estimate of drug-likeness (QED) is 0.189. The molecular weight excluding hydrogens is 510 g/mol. The van der Waals surface area contributed by atoms with Gasteiger partial charge in [-0.15, -0.1) is 0 Å². The van der Waals surface area contributed by atoms with Crippen molar-refractivity contribution in [3.8, 4) is 0 Å². The molecular formula is C39H41N3+2. The Hall–Kier alpha value is -3.98. The van der Waals surface area contributed by atoms with E-state index < -0.39 is 0 Å². The van der Waals surface area contributed by atoms with E-state index in [1.165, 1.54) is 22.3 Å². The fraction of sp³-hybridized carbons (Fsp3) is 0.333. The highest BCUT2D eigenvalue weighted by Gasteiger charge is 2.52. The van der Waals surface area contributed by atoms with E-state index in [0.717, 1.165) is 13.1 Å². The summed E-state index contributed by atoms with van der Waals surface area (Å²) in [6.45, 7) is 11.4. The van der Waals surface area contributed by atoms with E-state index in [1.54, 1.807) is 22.3 Å². The monoisotopic (exact) mass is 551 g/mol. The molecule has 0 saturated heterocycles. The van der Waals surface area contributed by atoms with Crippen molar-refractivity contribution in [3.63, 3.8) is 0 Å². The molecule has 9 rings (SSSR count). The molecule has 2 bridgehead atoms. The Kier molecular flexibility index (Phi) is 6.00. The van der Waals surface area contributed by atoms with Crippen LogP contribution in [-0.2, 0) is 6.54 Å². The zero-order valence-corrected chi connectivity index (χ0v) is 25.2.